The maximum atomic E-state index is 11.1. The van der Waals surface area contributed by atoms with Gasteiger partial charge in [-0.05, 0) is 30.5 Å². The molecule has 7 heteroatoms. The van der Waals surface area contributed by atoms with Crippen molar-refractivity contribution in [2.24, 2.45) is 0 Å². The monoisotopic (exact) mass is 291 g/mol. The number of nitrogens with zero attached hydrogens (tertiary/aromatic N) is 2. The molecule has 0 bridgehead atoms. The van der Waals surface area contributed by atoms with Crippen LogP contribution in [0, 0.1) is 0 Å². The summed E-state index contributed by atoms with van der Waals surface area (Å²) in [7, 11) is 3.16. The summed E-state index contributed by atoms with van der Waals surface area (Å²) in [6, 6.07) is 7.11. The van der Waals surface area contributed by atoms with Crippen LogP contribution in [0.3, 0.4) is 0 Å². The number of methoxy groups -OCH3 is 2. The topological polar surface area (TPSA) is 99.6 Å². The summed E-state index contributed by atoms with van der Waals surface area (Å²) in [6.07, 6.45) is -0.0383. The first-order chi connectivity index (χ1) is 10.0. The fourth-order valence-corrected chi connectivity index (χ4v) is 2.07. The van der Waals surface area contributed by atoms with Crippen LogP contribution in [0.5, 0.6) is 11.5 Å². The summed E-state index contributed by atoms with van der Waals surface area (Å²) in [4.78, 5) is 11.1. The minimum absolute atomic E-state index is 0.190. The Labute approximate surface area is 121 Å². The molecule has 2 rings (SSSR count). The lowest BCUT2D eigenvalue weighted by atomic mass is 10.1. The fourth-order valence-electron chi connectivity index (χ4n) is 2.07. The molecule has 1 aromatic carbocycles. The van der Waals surface area contributed by atoms with Gasteiger partial charge >= 0.3 is 6.09 Å². The van der Waals surface area contributed by atoms with E-state index in [0.29, 0.717) is 30.0 Å². The van der Waals surface area contributed by atoms with E-state index in [1.54, 1.807) is 26.4 Å². The highest BCUT2D eigenvalue weighted by atomic mass is 16.5. The summed E-state index contributed by atoms with van der Waals surface area (Å²) in [5.74, 6) is 1.57. The molecule has 0 atom stereocenters. The predicted octanol–water partition coefficient (Wildman–Crippen LogP) is 1.79. The molecular weight excluding hydrogens is 274 g/mol. The predicted molar refractivity (Wildman–Crippen MR) is 77.0 cm³/mol. The van der Waals surface area contributed by atoms with Gasteiger partial charge in [0.1, 0.15) is 17.3 Å². The molecule has 0 aliphatic carbocycles. The summed E-state index contributed by atoms with van der Waals surface area (Å²) in [6.45, 7) is 0. The number of aryl methyl sites for hydroxylation is 2. The summed E-state index contributed by atoms with van der Waals surface area (Å²) < 4.78 is 11.3. The number of nitrogens with two attached hydrogens (primary N) is 1. The van der Waals surface area contributed by atoms with Crippen LogP contribution in [0.15, 0.2) is 24.3 Å². The number of nitrogen functional groups attached to an aromatic ring is 1. The average molecular weight is 291 g/mol. The molecule has 7 nitrogen and oxygen atoms in total. The first kappa shape index (κ1) is 14.7. The van der Waals surface area contributed by atoms with Gasteiger partial charge in [0.05, 0.1) is 19.9 Å². The smallest absolute Gasteiger partial charge is 0.432 e. The molecule has 0 saturated heterocycles. The SMILES string of the molecule is COc1cc(CCc2cc(N)nn2C(=O)O)cc(OC)c1. The van der Waals surface area contributed by atoms with Gasteiger partial charge in [-0.2, -0.15) is 4.68 Å². The number of hydrogen-bond acceptors (Lipinski definition) is 5. The minimum atomic E-state index is -1.15. The number of aromatic nitrogens is 2. The van der Waals surface area contributed by atoms with Crippen molar-refractivity contribution in [3.63, 3.8) is 0 Å². The van der Waals surface area contributed by atoms with E-state index in [1.165, 1.54) is 0 Å². The van der Waals surface area contributed by atoms with Crippen molar-refractivity contribution in [2.75, 3.05) is 20.0 Å². The summed E-state index contributed by atoms with van der Waals surface area (Å²) in [5, 5.41) is 12.8. The highest BCUT2D eigenvalue weighted by molar-refractivity contribution is 5.68. The van der Waals surface area contributed by atoms with E-state index < -0.39 is 6.09 Å². The number of carbonyl (C=O) groups is 1. The average Bonchev–Trinajstić information content (AvgIpc) is 2.86. The molecule has 1 heterocycles. The molecule has 21 heavy (non-hydrogen) atoms. The van der Waals surface area contributed by atoms with Crippen LogP contribution in [0.4, 0.5) is 10.6 Å². The van der Waals surface area contributed by atoms with Crippen molar-refractivity contribution >= 4 is 11.9 Å². The highest BCUT2D eigenvalue weighted by Crippen LogP contribution is 2.23. The quantitative estimate of drug-likeness (QED) is 0.871. The van der Waals surface area contributed by atoms with Crippen LogP contribution in [-0.2, 0) is 12.8 Å². The lowest BCUT2D eigenvalue weighted by molar-refractivity contribution is 0.192. The minimum Gasteiger partial charge on any atom is -0.497 e. The number of rotatable bonds is 5. The van der Waals surface area contributed by atoms with Gasteiger partial charge in [0.25, 0.3) is 0 Å². The van der Waals surface area contributed by atoms with Gasteiger partial charge in [0.15, 0.2) is 0 Å². The van der Waals surface area contributed by atoms with Crippen LogP contribution < -0.4 is 15.2 Å². The molecule has 0 saturated carbocycles. The second kappa shape index (κ2) is 6.17. The maximum Gasteiger partial charge on any atom is 0.432 e. The third-order valence-corrected chi connectivity index (χ3v) is 3.06. The lowest BCUT2D eigenvalue weighted by Gasteiger charge is -2.08. The van der Waals surface area contributed by atoms with Crippen molar-refractivity contribution in [1.82, 2.24) is 9.78 Å². The lowest BCUT2D eigenvalue weighted by Crippen LogP contribution is -2.14. The van der Waals surface area contributed by atoms with E-state index in [0.717, 1.165) is 10.2 Å². The van der Waals surface area contributed by atoms with Gasteiger partial charge < -0.3 is 20.3 Å². The standard InChI is InChI=1S/C14H17N3O4/c1-20-11-5-9(6-12(8-11)21-2)3-4-10-7-13(15)16-17(10)14(18)19/h5-8H,3-4H2,1-2H3,(H2,15,16)(H,18,19). The molecule has 0 unspecified atom stereocenters. The Bertz CT molecular complexity index is 629. The molecule has 0 amide bonds. The number of hydrogen-bond donors (Lipinski definition) is 2. The molecule has 0 aliphatic heterocycles. The number of ether oxygens (including phenoxy) is 2. The van der Waals surface area contributed by atoms with Gasteiger partial charge in [0.2, 0.25) is 0 Å². The Balaban J connectivity index is 2.18. The van der Waals surface area contributed by atoms with Gasteiger partial charge in [-0.25, -0.2) is 4.79 Å². The molecule has 2 aromatic rings. The first-order valence-electron chi connectivity index (χ1n) is 6.33. The van der Waals surface area contributed by atoms with Crippen LogP contribution in [0.25, 0.3) is 0 Å². The van der Waals surface area contributed by atoms with Crippen molar-refractivity contribution in [3.8, 4) is 11.5 Å². The Morgan fingerprint density at radius 1 is 1.19 bits per heavy atom. The van der Waals surface area contributed by atoms with Crippen LogP contribution >= 0.6 is 0 Å². The van der Waals surface area contributed by atoms with E-state index >= 15 is 0 Å². The molecule has 0 aliphatic rings. The van der Waals surface area contributed by atoms with Crippen LogP contribution in [-0.4, -0.2) is 35.2 Å². The van der Waals surface area contributed by atoms with Crippen LogP contribution in [0.1, 0.15) is 11.3 Å². The molecule has 3 N–H and O–H groups in total. The van der Waals surface area contributed by atoms with Crippen molar-refractivity contribution in [1.29, 1.82) is 0 Å². The number of anilines is 1. The Morgan fingerprint density at radius 2 is 1.81 bits per heavy atom. The number of carboxylic acid groups (broad SMARTS) is 1. The van der Waals surface area contributed by atoms with Gasteiger partial charge in [-0.15, -0.1) is 5.10 Å². The zero-order valence-electron chi connectivity index (χ0n) is 11.9. The van der Waals surface area contributed by atoms with Crippen molar-refractivity contribution in [2.45, 2.75) is 12.8 Å². The van der Waals surface area contributed by atoms with E-state index in [1.807, 2.05) is 12.1 Å². The van der Waals surface area contributed by atoms with Crippen molar-refractivity contribution in [3.05, 3.63) is 35.5 Å². The Morgan fingerprint density at radius 3 is 2.33 bits per heavy atom. The van der Waals surface area contributed by atoms with Gasteiger partial charge in [-0.1, -0.05) is 0 Å². The van der Waals surface area contributed by atoms with E-state index in [4.69, 9.17) is 20.3 Å². The third-order valence-electron chi connectivity index (χ3n) is 3.06. The van der Waals surface area contributed by atoms with Gasteiger partial charge in [-0.3, -0.25) is 0 Å². The molecule has 0 radical (unpaired) electrons. The van der Waals surface area contributed by atoms with Crippen molar-refractivity contribution < 1.29 is 19.4 Å². The zero-order valence-corrected chi connectivity index (χ0v) is 11.9. The fraction of sp³-hybridized carbons (Fsp3) is 0.286. The third kappa shape index (κ3) is 3.44. The van der Waals surface area contributed by atoms with E-state index in [2.05, 4.69) is 5.10 Å². The van der Waals surface area contributed by atoms with E-state index in [-0.39, 0.29) is 5.82 Å². The van der Waals surface area contributed by atoms with E-state index in [9.17, 15) is 4.79 Å². The molecule has 0 spiro atoms. The maximum absolute atomic E-state index is 11.1. The highest BCUT2D eigenvalue weighted by Gasteiger charge is 2.12. The molecule has 112 valence electrons. The second-order valence-corrected chi connectivity index (χ2v) is 4.48. The Hall–Kier alpha value is -2.70. The first-order valence-corrected chi connectivity index (χ1v) is 6.33. The molecular formula is C14H17N3O4. The largest absolute Gasteiger partial charge is 0.497 e. The normalized spacial score (nSPS) is 10.4. The number of benzene rings is 1. The summed E-state index contributed by atoms with van der Waals surface area (Å²) >= 11 is 0. The van der Waals surface area contributed by atoms with Crippen LogP contribution in [0.2, 0.25) is 0 Å². The second-order valence-electron chi connectivity index (χ2n) is 4.48. The zero-order chi connectivity index (χ0) is 15.4. The summed E-state index contributed by atoms with van der Waals surface area (Å²) in [5.41, 5.74) is 7.06. The molecule has 0 fully saturated rings. The molecule has 1 aromatic heterocycles. The van der Waals surface area contributed by atoms with Gasteiger partial charge in [0, 0.05) is 12.1 Å². The Kier molecular flexibility index (Phi) is 4.32.